The molecule has 54 heavy (non-hydrogen) atoms. The van der Waals surface area contributed by atoms with Crippen LogP contribution in [0.15, 0.2) is 122 Å². The van der Waals surface area contributed by atoms with E-state index in [-0.39, 0.29) is 0 Å². The predicted molar refractivity (Wildman–Crippen MR) is 240 cm³/mol. The minimum atomic E-state index is 1.16. The maximum Gasteiger partial charge on any atom is 0.369 e. The molecule has 0 radical (unpaired) electrons. The molecule has 0 spiro atoms. The van der Waals surface area contributed by atoms with Gasteiger partial charge in [-0.2, -0.15) is 9.13 Å². The standard InChI is InChI=1S/C19H17N2.C18H18N3.6C2H6/c1-14-8-7-10-16-15-9-3-4-11-17(15)21(19(14)16)18-12-5-6-13-20(18)2;1-13-7-6-9-15-14-8-4-5-10-16(14)21(17(13)15)18-19(2)11-12-20(18)3;6*1-2/h3-13H,1-2H3;4-12H,1-3H3;6*1-2H3/q2*+1;;;;;;. The Morgan fingerprint density at radius 2 is 0.815 bits per heavy atom. The second-order valence-corrected chi connectivity index (χ2v) is 11.1. The molecule has 4 aromatic heterocycles. The van der Waals surface area contributed by atoms with Gasteiger partial charge in [-0.15, -0.1) is 0 Å². The van der Waals surface area contributed by atoms with Gasteiger partial charge in [0.25, 0.3) is 5.82 Å². The van der Waals surface area contributed by atoms with Crippen molar-refractivity contribution in [2.24, 2.45) is 21.1 Å². The van der Waals surface area contributed by atoms with Crippen molar-refractivity contribution in [3.05, 3.63) is 133 Å². The summed E-state index contributed by atoms with van der Waals surface area (Å²) in [5, 5.41) is 5.23. The van der Waals surface area contributed by atoms with Crippen molar-refractivity contribution in [3.63, 3.8) is 0 Å². The Morgan fingerprint density at radius 1 is 0.407 bits per heavy atom. The van der Waals surface area contributed by atoms with Gasteiger partial charge in [-0.1, -0.05) is 150 Å². The lowest BCUT2D eigenvalue weighted by Gasteiger charge is -2.04. The first-order chi connectivity index (χ1) is 26.5. The number of pyridine rings is 1. The van der Waals surface area contributed by atoms with Crippen molar-refractivity contribution in [1.82, 2.24) is 13.7 Å². The Labute approximate surface area is 328 Å². The molecule has 0 N–H and O–H groups in total. The van der Waals surface area contributed by atoms with Crippen molar-refractivity contribution >= 4 is 43.6 Å². The molecule has 8 aromatic rings. The van der Waals surface area contributed by atoms with Crippen molar-refractivity contribution in [2.45, 2.75) is 96.9 Å². The van der Waals surface area contributed by atoms with E-state index >= 15 is 0 Å². The van der Waals surface area contributed by atoms with Gasteiger partial charge < -0.3 is 0 Å². The monoisotopic (exact) mass is 730 g/mol. The first kappa shape index (κ1) is 46.9. The van der Waals surface area contributed by atoms with E-state index in [1.165, 1.54) is 60.6 Å². The van der Waals surface area contributed by atoms with Gasteiger partial charge in [0, 0.05) is 27.6 Å². The van der Waals surface area contributed by atoms with E-state index < -0.39 is 0 Å². The molecule has 0 atom stereocenters. The third-order valence-corrected chi connectivity index (χ3v) is 8.39. The van der Waals surface area contributed by atoms with Crippen LogP contribution >= 0.6 is 0 Å². The summed E-state index contributed by atoms with van der Waals surface area (Å²) in [7, 11) is 6.27. The highest BCUT2D eigenvalue weighted by molar-refractivity contribution is 6.10. The first-order valence-corrected chi connectivity index (χ1v) is 20.4. The number of fused-ring (bicyclic) bond motifs is 6. The quantitative estimate of drug-likeness (QED) is 0.158. The zero-order valence-electron chi connectivity index (χ0n) is 36.8. The zero-order valence-corrected chi connectivity index (χ0v) is 36.8. The number of aryl methyl sites for hydroxylation is 5. The third kappa shape index (κ3) is 9.68. The summed E-state index contributed by atoms with van der Waals surface area (Å²) in [4.78, 5) is 0. The van der Waals surface area contributed by atoms with Gasteiger partial charge in [0.2, 0.25) is 0 Å². The minimum absolute atomic E-state index is 1.16. The van der Waals surface area contributed by atoms with Gasteiger partial charge in [0.15, 0.2) is 0 Å². The van der Waals surface area contributed by atoms with Crippen molar-refractivity contribution in [2.75, 3.05) is 0 Å². The summed E-state index contributed by atoms with van der Waals surface area (Å²) in [6.45, 7) is 28.4. The van der Waals surface area contributed by atoms with Crippen LogP contribution in [0, 0.1) is 13.8 Å². The van der Waals surface area contributed by atoms with E-state index in [4.69, 9.17) is 0 Å². The molecule has 0 saturated heterocycles. The first-order valence-electron chi connectivity index (χ1n) is 20.4. The number of imidazole rings is 1. The van der Waals surface area contributed by atoms with Gasteiger partial charge in [0.05, 0.1) is 39.7 Å². The molecule has 0 aliphatic heterocycles. The van der Waals surface area contributed by atoms with Gasteiger partial charge in [-0.25, -0.2) is 13.7 Å². The van der Waals surface area contributed by atoms with E-state index in [9.17, 15) is 0 Å². The molecule has 4 heterocycles. The van der Waals surface area contributed by atoms with Crippen LogP contribution in [-0.4, -0.2) is 13.7 Å². The number of rotatable bonds is 2. The SMILES string of the molecule is CC.CC.CC.CC.CC.CC.Cc1cccc2c3ccccc3n(-c3cccc[n+]3C)c12.Cc1cccc2c3ccccc3n(-c3n(C)cc[n+]3C)c12. The van der Waals surface area contributed by atoms with Crippen LogP contribution in [0.3, 0.4) is 0 Å². The van der Waals surface area contributed by atoms with Gasteiger partial charge in [-0.05, 0) is 55.3 Å². The third-order valence-electron chi connectivity index (χ3n) is 8.39. The number of hydrogen-bond acceptors (Lipinski definition) is 0. The Balaban J connectivity index is 0.000000424. The highest BCUT2D eigenvalue weighted by Gasteiger charge is 2.23. The molecule has 0 aliphatic carbocycles. The molecular weight excluding hydrogens is 659 g/mol. The van der Waals surface area contributed by atoms with Gasteiger partial charge in [0.1, 0.15) is 22.1 Å². The summed E-state index contributed by atoms with van der Waals surface area (Å²) in [6.07, 6.45) is 6.27. The van der Waals surface area contributed by atoms with Crippen molar-refractivity contribution in [3.8, 4) is 11.8 Å². The summed E-state index contributed by atoms with van der Waals surface area (Å²) in [6, 6.07) is 36.6. The van der Waals surface area contributed by atoms with Crippen LogP contribution in [0.2, 0.25) is 0 Å². The molecular formula is C49H71N5+2. The fraction of sp³-hybridized carbons (Fsp3) is 0.347. The molecule has 0 aliphatic rings. The fourth-order valence-corrected chi connectivity index (χ4v) is 6.47. The van der Waals surface area contributed by atoms with Crippen LogP contribution in [0.25, 0.3) is 55.4 Å². The molecule has 0 saturated carbocycles. The van der Waals surface area contributed by atoms with Crippen molar-refractivity contribution < 1.29 is 9.13 Å². The lowest BCUT2D eigenvalue weighted by molar-refractivity contribution is -0.665. The Morgan fingerprint density at radius 3 is 1.26 bits per heavy atom. The lowest BCUT2D eigenvalue weighted by atomic mass is 10.1. The fourth-order valence-electron chi connectivity index (χ4n) is 6.47. The molecule has 0 amide bonds. The lowest BCUT2D eigenvalue weighted by Crippen LogP contribution is -2.33. The molecule has 5 nitrogen and oxygen atoms in total. The smallest absolute Gasteiger partial charge is 0.237 e. The summed E-state index contributed by atoms with van der Waals surface area (Å²) in [5.74, 6) is 2.34. The summed E-state index contributed by atoms with van der Waals surface area (Å²) >= 11 is 0. The molecule has 4 aromatic carbocycles. The molecule has 0 unspecified atom stereocenters. The van der Waals surface area contributed by atoms with E-state index in [1.807, 2.05) is 83.1 Å². The second-order valence-electron chi connectivity index (χ2n) is 11.1. The average Bonchev–Trinajstić information content (AvgIpc) is 3.89. The predicted octanol–water partition coefficient (Wildman–Crippen LogP) is 13.3. The number of aromatic nitrogens is 5. The van der Waals surface area contributed by atoms with E-state index in [2.05, 4.69) is 180 Å². The van der Waals surface area contributed by atoms with Crippen LogP contribution in [0.4, 0.5) is 0 Å². The van der Waals surface area contributed by atoms with Crippen molar-refractivity contribution in [1.29, 1.82) is 0 Å². The van der Waals surface area contributed by atoms with E-state index in [0.29, 0.717) is 0 Å². The van der Waals surface area contributed by atoms with Gasteiger partial charge in [-0.3, -0.25) is 0 Å². The van der Waals surface area contributed by atoms with Crippen LogP contribution in [0.5, 0.6) is 0 Å². The second kappa shape index (κ2) is 24.2. The molecule has 5 heteroatoms. The van der Waals surface area contributed by atoms with Gasteiger partial charge >= 0.3 is 5.95 Å². The topological polar surface area (TPSA) is 22.5 Å². The highest BCUT2D eigenvalue weighted by Crippen LogP contribution is 2.34. The van der Waals surface area contributed by atoms with E-state index in [1.54, 1.807) is 0 Å². The molecule has 0 fully saturated rings. The minimum Gasteiger partial charge on any atom is -0.237 e. The number of nitrogens with zero attached hydrogens (tertiary/aromatic N) is 5. The number of benzene rings is 4. The normalized spacial score (nSPS) is 9.57. The average molecular weight is 730 g/mol. The largest absolute Gasteiger partial charge is 0.369 e. The zero-order chi connectivity index (χ0) is 41.0. The maximum atomic E-state index is 2.36. The van der Waals surface area contributed by atoms with Crippen LogP contribution < -0.4 is 9.13 Å². The Bertz CT molecular complexity index is 2240. The Kier molecular flexibility index (Phi) is 21.0. The van der Waals surface area contributed by atoms with E-state index in [0.717, 1.165) is 5.95 Å². The maximum absolute atomic E-state index is 2.36. The summed E-state index contributed by atoms with van der Waals surface area (Å²) < 4.78 is 11.2. The molecule has 290 valence electrons. The number of para-hydroxylation sites is 4. The highest BCUT2D eigenvalue weighted by atomic mass is 15.3. The van der Waals surface area contributed by atoms with Crippen LogP contribution in [0.1, 0.15) is 94.2 Å². The number of hydrogen-bond donors (Lipinski definition) is 0. The Hall–Kier alpha value is -5.16. The molecule has 0 bridgehead atoms. The van der Waals surface area contributed by atoms with Crippen LogP contribution in [-0.2, 0) is 21.1 Å². The summed E-state index contributed by atoms with van der Waals surface area (Å²) in [5.41, 5.74) is 7.68. The molecule has 8 rings (SSSR count).